The monoisotopic (exact) mass is 322 g/mol. The van der Waals surface area contributed by atoms with E-state index in [4.69, 9.17) is 5.73 Å². The molecule has 0 aromatic heterocycles. The van der Waals surface area contributed by atoms with Crippen molar-refractivity contribution in [3.8, 4) is 0 Å². The second kappa shape index (κ2) is 4.61. The van der Waals surface area contributed by atoms with E-state index < -0.39 is 21.7 Å². The van der Waals surface area contributed by atoms with E-state index in [9.17, 15) is 21.6 Å². The van der Waals surface area contributed by atoms with Crippen LogP contribution in [-0.4, -0.2) is 20.1 Å². The van der Waals surface area contributed by atoms with Crippen LogP contribution in [0.15, 0.2) is 11.0 Å². The number of alkyl halides is 3. The molecule has 118 valence electrons. The SMILES string of the molecule is Cc1cc(N)c(C)c(S(=O)(=O)NC2(C(F)(F)F)CC2)c1C. The molecule has 21 heavy (non-hydrogen) atoms. The first kappa shape index (κ1) is 16.1. The number of benzene rings is 1. The fraction of sp³-hybridized carbons (Fsp3) is 0.538. The smallest absolute Gasteiger partial charge is 0.398 e. The Labute approximate surface area is 121 Å². The van der Waals surface area contributed by atoms with Crippen molar-refractivity contribution in [1.82, 2.24) is 4.72 Å². The molecule has 1 aromatic carbocycles. The fourth-order valence-electron chi connectivity index (χ4n) is 2.32. The van der Waals surface area contributed by atoms with Crippen molar-refractivity contribution in [3.63, 3.8) is 0 Å². The highest BCUT2D eigenvalue weighted by atomic mass is 32.2. The van der Waals surface area contributed by atoms with Crippen molar-refractivity contribution in [1.29, 1.82) is 0 Å². The summed E-state index contributed by atoms with van der Waals surface area (Å²) in [6.07, 6.45) is -5.08. The lowest BCUT2D eigenvalue weighted by Crippen LogP contribution is -2.48. The van der Waals surface area contributed by atoms with Gasteiger partial charge in [0.05, 0.1) is 4.90 Å². The third kappa shape index (κ3) is 2.62. The van der Waals surface area contributed by atoms with E-state index in [1.807, 2.05) is 4.72 Å². The van der Waals surface area contributed by atoms with E-state index in [0.29, 0.717) is 11.1 Å². The molecule has 0 unspecified atom stereocenters. The molecule has 2 rings (SSSR count). The molecule has 0 aliphatic heterocycles. The van der Waals surface area contributed by atoms with Gasteiger partial charge >= 0.3 is 6.18 Å². The van der Waals surface area contributed by atoms with Gasteiger partial charge in [0.1, 0.15) is 5.54 Å². The van der Waals surface area contributed by atoms with Gasteiger partial charge in [0.15, 0.2) is 0 Å². The summed E-state index contributed by atoms with van der Waals surface area (Å²) in [6.45, 7) is 4.72. The molecule has 0 amide bonds. The third-order valence-corrected chi connectivity index (χ3v) is 5.78. The predicted molar refractivity (Wildman–Crippen MR) is 73.4 cm³/mol. The van der Waals surface area contributed by atoms with Gasteiger partial charge in [-0.3, -0.25) is 0 Å². The largest absolute Gasteiger partial charge is 0.407 e. The molecule has 1 saturated carbocycles. The normalized spacial score (nSPS) is 17.8. The number of sulfonamides is 1. The van der Waals surface area contributed by atoms with Gasteiger partial charge in [0, 0.05) is 5.69 Å². The van der Waals surface area contributed by atoms with Crippen LogP contribution in [0.25, 0.3) is 0 Å². The Bertz CT molecular complexity index is 666. The molecule has 0 heterocycles. The number of anilines is 1. The number of hydrogen-bond acceptors (Lipinski definition) is 3. The molecule has 8 heteroatoms. The molecule has 0 spiro atoms. The molecule has 0 atom stereocenters. The van der Waals surface area contributed by atoms with Crippen LogP contribution in [0.2, 0.25) is 0 Å². The standard InChI is InChI=1S/C13H17F3N2O2S/c1-7-6-10(17)9(3)11(8(7)2)21(19,20)18-12(4-5-12)13(14,15)16/h6,18H,4-5,17H2,1-3H3. The van der Waals surface area contributed by atoms with Gasteiger partial charge in [-0.2, -0.15) is 17.9 Å². The first-order valence-corrected chi connectivity index (χ1v) is 7.86. The van der Waals surface area contributed by atoms with E-state index in [1.165, 1.54) is 6.92 Å². The summed E-state index contributed by atoms with van der Waals surface area (Å²) in [5.74, 6) is 0. The molecule has 3 N–H and O–H groups in total. The highest BCUT2D eigenvalue weighted by molar-refractivity contribution is 7.89. The van der Waals surface area contributed by atoms with Crippen molar-refractivity contribution in [2.45, 2.75) is 50.2 Å². The zero-order valence-corrected chi connectivity index (χ0v) is 12.7. The maximum atomic E-state index is 13.0. The highest BCUT2D eigenvalue weighted by Crippen LogP contribution is 2.50. The Kier molecular flexibility index (Phi) is 3.53. The van der Waals surface area contributed by atoms with Gasteiger partial charge in [-0.15, -0.1) is 0 Å². The Morgan fingerprint density at radius 3 is 2.14 bits per heavy atom. The lowest BCUT2D eigenvalue weighted by atomic mass is 10.1. The van der Waals surface area contributed by atoms with E-state index in [-0.39, 0.29) is 29.0 Å². The van der Waals surface area contributed by atoms with Crippen LogP contribution in [0.5, 0.6) is 0 Å². The maximum Gasteiger partial charge on any atom is 0.407 e. The molecular formula is C13H17F3N2O2S. The predicted octanol–water partition coefficient (Wildman–Crippen LogP) is 2.57. The van der Waals surface area contributed by atoms with Crippen LogP contribution in [-0.2, 0) is 10.0 Å². The summed E-state index contributed by atoms with van der Waals surface area (Å²) >= 11 is 0. The number of nitrogens with one attached hydrogen (secondary N) is 1. The van der Waals surface area contributed by atoms with Crippen LogP contribution in [0.3, 0.4) is 0 Å². The van der Waals surface area contributed by atoms with E-state index in [0.717, 1.165) is 0 Å². The molecule has 1 aliphatic rings. The zero-order valence-electron chi connectivity index (χ0n) is 11.9. The van der Waals surface area contributed by atoms with Crippen LogP contribution in [0.4, 0.5) is 18.9 Å². The van der Waals surface area contributed by atoms with Crippen LogP contribution in [0.1, 0.15) is 29.5 Å². The minimum absolute atomic E-state index is 0.157. The lowest BCUT2D eigenvalue weighted by Gasteiger charge is -2.23. The van der Waals surface area contributed by atoms with Gasteiger partial charge in [0.25, 0.3) is 0 Å². The van der Waals surface area contributed by atoms with Gasteiger partial charge in [-0.05, 0) is 56.4 Å². The number of nitrogen functional groups attached to an aromatic ring is 1. The Morgan fingerprint density at radius 1 is 1.19 bits per heavy atom. The van der Waals surface area contributed by atoms with E-state index in [2.05, 4.69) is 0 Å². The zero-order chi connectivity index (χ0) is 16.2. The summed E-state index contributed by atoms with van der Waals surface area (Å²) in [7, 11) is -4.29. The molecular weight excluding hydrogens is 305 g/mol. The molecule has 0 bridgehead atoms. The fourth-order valence-corrected chi connectivity index (χ4v) is 4.34. The maximum absolute atomic E-state index is 13.0. The van der Waals surface area contributed by atoms with Crippen molar-refractivity contribution >= 4 is 15.7 Å². The molecule has 1 aliphatic carbocycles. The van der Waals surface area contributed by atoms with Crippen LogP contribution in [0, 0.1) is 20.8 Å². The first-order chi connectivity index (χ1) is 9.41. The number of hydrogen-bond donors (Lipinski definition) is 2. The first-order valence-electron chi connectivity index (χ1n) is 6.38. The Balaban J connectivity index is 2.52. The van der Waals surface area contributed by atoms with Crippen molar-refractivity contribution < 1.29 is 21.6 Å². The Hall–Kier alpha value is -1.28. The summed E-state index contributed by atoms with van der Waals surface area (Å²) in [5.41, 5.74) is 4.95. The minimum Gasteiger partial charge on any atom is -0.398 e. The van der Waals surface area contributed by atoms with Gasteiger partial charge in [-0.25, -0.2) is 8.42 Å². The minimum atomic E-state index is -4.60. The topological polar surface area (TPSA) is 72.2 Å². The Morgan fingerprint density at radius 2 is 1.71 bits per heavy atom. The van der Waals surface area contributed by atoms with E-state index in [1.54, 1.807) is 19.9 Å². The van der Waals surface area contributed by atoms with Gasteiger partial charge < -0.3 is 5.73 Å². The molecule has 1 aromatic rings. The number of nitrogens with two attached hydrogens (primary N) is 1. The summed E-state index contributed by atoms with van der Waals surface area (Å²) in [5, 5.41) is 0. The molecule has 0 saturated heterocycles. The summed E-state index contributed by atoms with van der Waals surface area (Å²) < 4.78 is 65.5. The third-order valence-electron chi connectivity index (χ3n) is 3.97. The molecule has 4 nitrogen and oxygen atoms in total. The lowest BCUT2D eigenvalue weighted by molar-refractivity contribution is -0.160. The van der Waals surface area contributed by atoms with Crippen molar-refractivity contribution in [3.05, 3.63) is 22.8 Å². The average molecular weight is 322 g/mol. The van der Waals surface area contributed by atoms with E-state index >= 15 is 0 Å². The van der Waals surface area contributed by atoms with Gasteiger partial charge in [-0.1, -0.05) is 0 Å². The van der Waals surface area contributed by atoms with Crippen LogP contribution >= 0.6 is 0 Å². The van der Waals surface area contributed by atoms with Gasteiger partial charge in [0.2, 0.25) is 10.0 Å². The number of halogens is 3. The molecule has 0 radical (unpaired) electrons. The average Bonchev–Trinajstić information content (AvgIpc) is 3.06. The molecule has 1 fully saturated rings. The van der Waals surface area contributed by atoms with Crippen molar-refractivity contribution in [2.24, 2.45) is 0 Å². The van der Waals surface area contributed by atoms with Crippen LogP contribution < -0.4 is 10.5 Å². The summed E-state index contributed by atoms with van der Waals surface area (Å²) in [6, 6.07) is 1.61. The van der Waals surface area contributed by atoms with Crippen molar-refractivity contribution in [2.75, 3.05) is 5.73 Å². The summed E-state index contributed by atoms with van der Waals surface area (Å²) in [4.78, 5) is -0.157. The second-order valence-electron chi connectivity index (χ2n) is 5.55. The number of rotatable bonds is 3. The second-order valence-corrected chi connectivity index (χ2v) is 7.17. The quantitative estimate of drug-likeness (QED) is 0.840. The highest BCUT2D eigenvalue weighted by Gasteiger charge is 2.65. The number of aryl methyl sites for hydroxylation is 1.